The predicted molar refractivity (Wildman–Crippen MR) is 86.8 cm³/mol. The zero-order chi connectivity index (χ0) is 18.4. The van der Waals surface area contributed by atoms with Gasteiger partial charge in [0.15, 0.2) is 11.6 Å². The molecule has 0 aliphatic rings. The number of nitro groups is 1. The Hall–Kier alpha value is -3.23. The minimum Gasteiger partial charge on any atom is -0.489 e. The van der Waals surface area contributed by atoms with Gasteiger partial charge in [0.1, 0.15) is 18.1 Å². The van der Waals surface area contributed by atoms with E-state index < -0.39 is 22.5 Å². The molecule has 1 amide bonds. The van der Waals surface area contributed by atoms with Gasteiger partial charge in [-0.25, -0.2) is 8.78 Å². The number of nitrogens with one attached hydrogen (secondary N) is 2. The Kier molecular flexibility index (Phi) is 5.83. The topological polar surface area (TPSA) is 93.5 Å². The van der Waals surface area contributed by atoms with Crippen LogP contribution in [0.15, 0.2) is 36.4 Å². The lowest BCUT2D eigenvalue weighted by Gasteiger charge is -2.10. The molecule has 7 nitrogen and oxygen atoms in total. The van der Waals surface area contributed by atoms with Crippen LogP contribution >= 0.6 is 0 Å². The smallest absolute Gasteiger partial charge is 0.293 e. The maximum Gasteiger partial charge on any atom is 0.293 e. The second-order valence-electron chi connectivity index (χ2n) is 4.92. The molecule has 9 heteroatoms. The number of carbonyl (C=O) groups is 1. The average Bonchev–Trinajstić information content (AvgIpc) is 2.59. The molecule has 0 atom stereocenters. The molecule has 0 unspecified atom stereocenters. The van der Waals surface area contributed by atoms with Crippen molar-refractivity contribution in [3.63, 3.8) is 0 Å². The number of hydrogen-bond donors (Lipinski definition) is 2. The maximum absolute atomic E-state index is 13.4. The predicted octanol–water partition coefficient (Wildman–Crippen LogP) is 2.72. The Bertz CT molecular complexity index is 799. The maximum atomic E-state index is 13.4. The van der Waals surface area contributed by atoms with Crippen molar-refractivity contribution in [3.8, 4) is 5.75 Å². The van der Waals surface area contributed by atoms with E-state index in [0.717, 1.165) is 18.2 Å². The van der Waals surface area contributed by atoms with E-state index in [2.05, 4.69) is 10.6 Å². The first-order valence-electron chi connectivity index (χ1n) is 7.24. The summed E-state index contributed by atoms with van der Waals surface area (Å²) in [5.41, 5.74) is 0.0827. The molecule has 0 bridgehead atoms. The molecule has 0 aliphatic carbocycles. The van der Waals surface area contributed by atoms with Crippen LogP contribution in [0.5, 0.6) is 5.75 Å². The third kappa shape index (κ3) is 4.63. The number of hydrogen-bond acceptors (Lipinski definition) is 5. The molecule has 2 aromatic rings. The van der Waals surface area contributed by atoms with Crippen molar-refractivity contribution in [3.05, 3.63) is 63.7 Å². The Morgan fingerprint density at radius 1 is 1.24 bits per heavy atom. The third-order valence-corrected chi connectivity index (χ3v) is 3.25. The van der Waals surface area contributed by atoms with Crippen molar-refractivity contribution in [2.24, 2.45) is 0 Å². The second kappa shape index (κ2) is 8.04. The van der Waals surface area contributed by atoms with Gasteiger partial charge in [-0.1, -0.05) is 0 Å². The summed E-state index contributed by atoms with van der Waals surface area (Å²) in [5.74, 6) is -2.10. The highest BCUT2D eigenvalue weighted by Gasteiger charge is 2.17. The van der Waals surface area contributed by atoms with E-state index in [9.17, 15) is 23.7 Å². The number of carbonyl (C=O) groups excluding carboxylic acids is 1. The van der Waals surface area contributed by atoms with Gasteiger partial charge >= 0.3 is 0 Å². The van der Waals surface area contributed by atoms with Crippen LogP contribution in [-0.4, -0.2) is 31.0 Å². The Morgan fingerprint density at radius 3 is 2.64 bits per heavy atom. The highest BCUT2D eigenvalue weighted by atomic mass is 19.1. The first-order valence-corrected chi connectivity index (χ1v) is 7.24. The van der Waals surface area contributed by atoms with Crippen LogP contribution in [0.3, 0.4) is 0 Å². The van der Waals surface area contributed by atoms with Gasteiger partial charge in [-0.15, -0.1) is 0 Å². The Balaban J connectivity index is 2.00. The zero-order valence-electron chi connectivity index (χ0n) is 13.2. The van der Waals surface area contributed by atoms with Crippen molar-refractivity contribution in [1.29, 1.82) is 0 Å². The van der Waals surface area contributed by atoms with E-state index in [1.165, 1.54) is 19.2 Å². The summed E-state index contributed by atoms with van der Waals surface area (Å²) in [7, 11) is 1.42. The Morgan fingerprint density at radius 2 is 2.00 bits per heavy atom. The number of anilines is 1. The molecule has 25 heavy (non-hydrogen) atoms. The van der Waals surface area contributed by atoms with Crippen LogP contribution in [0, 0.1) is 21.7 Å². The third-order valence-electron chi connectivity index (χ3n) is 3.25. The molecule has 0 aromatic heterocycles. The largest absolute Gasteiger partial charge is 0.489 e. The summed E-state index contributed by atoms with van der Waals surface area (Å²) in [6, 6.07) is 6.92. The molecule has 132 valence electrons. The van der Waals surface area contributed by atoms with E-state index in [1.54, 1.807) is 0 Å². The van der Waals surface area contributed by atoms with Gasteiger partial charge in [0.25, 0.3) is 11.6 Å². The minimum atomic E-state index is -0.832. The molecule has 0 fully saturated rings. The molecule has 2 rings (SSSR count). The number of rotatable bonds is 7. The molecule has 0 radical (unpaired) electrons. The van der Waals surface area contributed by atoms with E-state index in [4.69, 9.17) is 4.74 Å². The second-order valence-corrected chi connectivity index (χ2v) is 4.92. The van der Waals surface area contributed by atoms with Gasteiger partial charge in [0.05, 0.1) is 4.92 Å². The first-order chi connectivity index (χ1) is 11.9. The van der Waals surface area contributed by atoms with Crippen LogP contribution in [0.4, 0.5) is 20.2 Å². The molecule has 0 spiro atoms. The highest BCUT2D eigenvalue weighted by Crippen LogP contribution is 2.25. The summed E-state index contributed by atoms with van der Waals surface area (Å²) in [6.45, 7) is 0.133. The van der Waals surface area contributed by atoms with Gasteiger partial charge in [-0.05, 0) is 24.3 Å². The summed E-state index contributed by atoms with van der Waals surface area (Å²) in [6.07, 6.45) is 0. The molecule has 0 saturated carbocycles. The van der Waals surface area contributed by atoms with Crippen molar-refractivity contribution < 1.29 is 23.2 Å². The van der Waals surface area contributed by atoms with E-state index in [-0.39, 0.29) is 35.8 Å². The molecule has 0 aliphatic heterocycles. The number of halogens is 2. The summed E-state index contributed by atoms with van der Waals surface area (Å²) in [4.78, 5) is 22.1. The van der Waals surface area contributed by atoms with Crippen LogP contribution in [0.1, 0.15) is 10.4 Å². The first kappa shape index (κ1) is 18.1. The van der Waals surface area contributed by atoms with Crippen molar-refractivity contribution in [1.82, 2.24) is 5.32 Å². The van der Waals surface area contributed by atoms with Crippen molar-refractivity contribution in [2.45, 2.75) is 0 Å². The van der Waals surface area contributed by atoms with Gasteiger partial charge in [0, 0.05) is 31.3 Å². The van der Waals surface area contributed by atoms with Crippen LogP contribution < -0.4 is 15.4 Å². The zero-order valence-corrected chi connectivity index (χ0v) is 13.2. The van der Waals surface area contributed by atoms with Crippen LogP contribution in [0.2, 0.25) is 0 Å². The molecule has 2 N–H and O–H groups in total. The van der Waals surface area contributed by atoms with E-state index >= 15 is 0 Å². The van der Waals surface area contributed by atoms with E-state index in [1.807, 2.05) is 0 Å². The van der Waals surface area contributed by atoms with Crippen molar-refractivity contribution in [2.75, 3.05) is 25.5 Å². The fraction of sp³-hybridized carbons (Fsp3) is 0.188. The molecule has 2 aromatic carbocycles. The highest BCUT2D eigenvalue weighted by molar-refractivity contribution is 5.95. The lowest BCUT2D eigenvalue weighted by Crippen LogP contribution is -2.18. The number of nitrogens with zero attached hydrogens (tertiary/aromatic N) is 1. The van der Waals surface area contributed by atoms with Gasteiger partial charge in [0.2, 0.25) is 0 Å². The minimum absolute atomic E-state index is 0.00307. The number of nitro benzene ring substituents is 1. The normalized spacial score (nSPS) is 10.2. The SMILES string of the molecule is CNC(=O)c1ccc(NCCOc2ccc(F)cc2F)c([N+](=O)[O-])c1. The fourth-order valence-corrected chi connectivity index (χ4v) is 2.06. The standard InChI is InChI=1S/C16H15F2N3O4/c1-19-16(22)10-2-4-13(14(8-10)21(23)24)20-6-7-25-15-5-3-11(17)9-12(15)18/h2-5,8-9,20H,6-7H2,1H3,(H,19,22). The quantitative estimate of drug-likeness (QED) is 0.454. The van der Waals surface area contributed by atoms with Crippen molar-refractivity contribution >= 4 is 17.3 Å². The van der Waals surface area contributed by atoms with Gasteiger partial charge < -0.3 is 15.4 Å². The van der Waals surface area contributed by atoms with Crippen LogP contribution in [0.25, 0.3) is 0 Å². The molecular formula is C16H15F2N3O4. The summed E-state index contributed by atoms with van der Waals surface area (Å²) < 4.78 is 31.4. The average molecular weight is 351 g/mol. The number of benzene rings is 2. The number of amides is 1. The van der Waals surface area contributed by atoms with Gasteiger partial charge in [-0.3, -0.25) is 14.9 Å². The molecule has 0 heterocycles. The van der Waals surface area contributed by atoms with E-state index in [0.29, 0.717) is 6.07 Å². The lowest BCUT2D eigenvalue weighted by atomic mass is 10.1. The number of ether oxygens (including phenoxy) is 1. The molecular weight excluding hydrogens is 336 g/mol. The monoisotopic (exact) mass is 351 g/mol. The van der Waals surface area contributed by atoms with Gasteiger partial charge in [-0.2, -0.15) is 0 Å². The van der Waals surface area contributed by atoms with Crippen LogP contribution in [-0.2, 0) is 0 Å². The molecule has 0 saturated heterocycles. The fourth-order valence-electron chi connectivity index (χ4n) is 2.06. The summed E-state index contributed by atoms with van der Waals surface area (Å²) >= 11 is 0. The lowest BCUT2D eigenvalue weighted by molar-refractivity contribution is -0.384. The summed E-state index contributed by atoms with van der Waals surface area (Å²) in [5, 5.41) is 16.3. The Labute approximate surface area is 141 Å².